The molecule has 2 N–H and O–H groups in total. The summed E-state index contributed by atoms with van der Waals surface area (Å²) in [5.41, 5.74) is 2.43. The number of aryl methyl sites for hydroxylation is 1. The first-order valence-corrected chi connectivity index (χ1v) is 6.28. The molecule has 1 aromatic heterocycles. The van der Waals surface area contributed by atoms with Gasteiger partial charge >= 0.3 is 0 Å². The minimum Gasteiger partial charge on any atom is -0.452 e. The van der Waals surface area contributed by atoms with Crippen LogP contribution < -0.4 is 10.6 Å². The minimum absolute atomic E-state index is 0.0501. The van der Waals surface area contributed by atoms with E-state index in [4.69, 9.17) is 16.0 Å². The number of hydrogen-bond acceptors (Lipinski definition) is 3. The van der Waals surface area contributed by atoms with Crippen LogP contribution in [0.5, 0.6) is 0 Å². The number of amides is 2. The Balaban J connectivity index is 2.15. The van der Waals surface area contributed by atoms with Gasteiger partial charge < -0.3 is 15.1 Å². The zero-order valence-corrected chi connectivity index (χ0v) is 11.7. The van der Waals surface area contributed by atoms with Crippen LogP contribution in [0.15, 0.2) is 34.9 Å². The average molecular weight is 293 g/mol. The lowest BCUT2D eigenvalue weighted by molar-refractivity contribution is -0.114. The largest absolute Gasteiger partial charge is 0.452 e. The van der Waals surface area contributed by atoms with Crippen molar-refractivity contribution >= 4 is 34.8 Å². The van der Waals surface area contributed by atoms with E-state index in [0.717, 1.165) is 5.56 Å². The maximum absolute atomic E-state index is 11.9. The van der Waals surface area contributed by atoms with E-state index >= 15 is 0 Å². The topological polar surface area (TPSA) is 71.3 Å². The van der Waals surface area contributed by atoms with Crippen LogP contribution in [0.4, 0.5) is 11.4 Å². The Morgan fingerprint density at radius 2 is 1.95 bits per heavy atom. The van der Waals surface area contributed by atoms with Crippen molar-refractivity contribution in [3.8, 4) is 0 Å². The van der Waals surface area contributed by atoms with E-state index in [1.54, 1.807) is 18.2 Å². The highest BCUT2D eigenvalue weighted by Gasteiger charge is 2.13. The second-order valence-corrected chi connectivity index (χ2v) is 4.62. The standard InChI is InChI=1S/C14H13ClN2O3/c1-8-7-10(3-4-12(8)16-9(2)18)17-14(19)11-5-6-20-13(11)15/h3-7H,1-2H3,(H,16,18)(H,17,19). The molecule has 5 nitrogen and oxygen atoms in total. The lowest BCUT2D eigenvalue weighted by Crippen LogP contribution is -2.12. The molecule has 0 saturated carbocycles. The number of halogens is 1. The van der Waals surface area contributed by atoms with E-state index in [2.05, 4.69) is 10.6 Å². The minimum atomic E-state index is -0.351. The van der Waals surface area contributed by atoms with Crippen LogP contribution in [0.3, 0.4) is 0 Å². The Morgan fingerprint density at radius 1 is 1.20 bits per heavy atom. The molecule has 1 aromatic carbocycles. The van der Waals surface area contributed by atoms with Gasteiger partial charge in [0.25, 0.3) is 5.91 Å². The highest BCUT2D eigenvalue weighted by Crippen LogP contribution is 2.22. The van der Waals surface area contributed by atoms with Crippen molar-refractivity contribution in [3.05, 3.63) is 46.9 Å². The Hall–Kier alpha value is -2.27. The molecule has 0 atom stereocenters. The molecule has 0 aliphatic rings. The van der Waals surface area contributed by atoms with Gasteiger partial charge in [-0.3, -0.25) is 9.59 Å². The molecule has 2 amide bonds. The van der Waals surface area contributed by atoms with Crippen LogP contribution in [-0.2, 0) is 4.79 Å². The van der Waals surface area contributed by atoms with E-state index in [1.807, 2.05) is 6.92 Å². The molecule has 0 unspecified atom stereocenters. The summed E-state index contributed by atoms with van der Waals surface area (Å²) < 4.78 is 4.87. The predicted octanol–water partition coefficient (Wildman–Crippen LogP) is 3.45. The van der Waals surface area contributed by atoms with E-state index in [9.17, 15) is 9.59 Å². The van der Waals surface area contributed by atoms with E-state index < -0.39 is 0 Å². The molecule has 0 aliphatic heterocycles. The van der Waals surface area contributed by atoms with Gasteiger partial charge in [-0.15, -0.1) is 0 Å². The van der Waals surface area contributed by atoms with Crippen molar-refractivity contribution in [3.63, 3.8) is 0 Å². The number of carbonyl (C=O) groups excluding carboxylic acids is 2. The summed E-state index contributed by atoms with van der Waals surface area (Å²) in [7, 11) is 0. The molecule has 1 heterocycles. The van der Waals surface area contributed by atoms with Crippen LogP contribution in [-0.4, -0.2) is 11.8 Å². The Kier molecular flexibility index (Phi) is 4.10. The quantitative estimate of drug-likeness (QED) is 0.910. The van der Waals surface area contributed by atoms with Crippen molar-refractivity contribution in [2.45, 2.75) is 13.8 Å². The Labute approximate surface area is 120 Å². The summed E-state index contributed by atoms with van der Waals surface area (Å²) >= 11 is 5.74. The number of anilines is 2. The molecule has 0 fully saturated rings. The fraction of sp³-hybridized carbons (Fsp3) is 0.143. The molecule has 0 aliphatic carbocycles. The molecule has 2 aromatic rings. The number of nitrogens with one attached hydrogen (secondary N) is 2. The smallest absolute Gasteiger partial charge is 0.260 e. The summed E-state index contributed by atoms with van der Waals surface area (Å²) in [6.45, 7) is 3.28. The van der Waals surface area contributed by atoms with E-state index in [0.29, 0.717) is 11.4 Å². The van der Waals surface area contributed by atoms with Crippen LogP contribution in [0.2, 0.25) is 5.22 Å². The Bertz CT molecular complexity index is 664. The van der Waals surface area contributed by atoms with Crippen molar-refractivity contribution in [2.75, 3.05) is 10.6 Å². The van der Waals surface area contributed by atoms with E-state index in [1.165, 1.54) is 19.3 Å². The molecule has 2 rings (SSSR count). The van der Waals surface area contributed by atoms with Crippen LogP contribution in [0.25, 0.3) is 0 Å². The fourth-order valence-corrected chi connectivity index (χ4v) is 1.93. The first-order chi connectivity index (χ1) is 9.47. The summed E-state index contributed by atoms with van der Waals surface area (Å²) in [5.74, 6) is -0.495. The molecule has 6 heteroatoms. The first-order valence-electron chi connectivity index (χ1n) is 5.90. The molecule has 20 heavy (non-hydrogen) atoms. The number of hydrogen-bond donors (Lipinski definition) is 2. The predicted molar refractivity (Wildman–Crippen MR) is 77.2 cm³/mol. The molecular formula is C14H13ClN2O3. The van der Waals surface area contributed by atoms with Crippen molar-refractivity contribution in [2.24, 2.45) is 0 Å². The van der Waals surface area contributed by atoms with Crippen LogP contribution in [0.1, 0.15) is 22.8 Å². The third kappa shape index (κ3) is 3.19. The number of rotatable bonds is 3. The first kappa shape index (κ1) is 14.1. The lowest BCUT2D eigenvalue weighted by atomic mass is 10.1. The third-order valence-corrected chi connectivity index (χ3v) is 2.95. The van der Waals surface area contributed by atoms with Gasteiger partial charge in [0.2, 0.25) is 11.1 Å². The van der Waals surface area contributed by atoms with Crippen molar-refractivity contribution in [1.29, 1.82) is 0 Å². The zero-order valence-electron chi connectivity index (χ0n) is 11.0. The summed E-state index contributed by atoms with van der Waals surface area (Å²) in [6, 6.07) is 6.68. The van der Waals surface area contributed by atoms with Gasteiger partial charge in [0.15, 0.2) is 0 Å². The maximum atomic E-state index is 11.9. The van der Waals surface area contributed by atoms with Gasteiger partial charge in [0.1, 0.15) is 0 Å². The van der Waals surface area contributed by atoms with E-state index in [-0.39, 0.29) is 22.6 Å². The summed E-state index contributed by atoms with van der Waals surface area (Å²) in [6.07, 6.45) is 1.35. The van der Waals surface area contributed by atoms with Crippen molar-refractivity contribution < 1.29 is 14.0 Å². The number of furan rings is 1. The second-order valence-electron chi connectivity index (χ2n) is 4.27. The molecule has 104 valence electrons. The average Bonchev–Trinajstić information content (AvgIpc) is 2.78. The SMILES string of the molecule is CC(=O)Nc1ccc(NC(=O)c2ccoc2Cl)cc1C. The molecule has 0 saturated heterocycles. The number of carbonyl (C=O) groups is 2. The summed E-state index contributed by atoms with van der Waals surface area (Å²) in [5, 5.41) is 5.46. The third-order valence-electron chi connectivity index (χ3n) is 2.66. The van der Waals surface area contributed by atoms with Gasteiger partial charge in [-0.05, 0) is 48.4 Å². The molecular weight excluding hydrogens is 280 g/mol. The van der Waals surface area contributed by atoms with Gasteiger partial charge in [0, 0.05) is 18.3 Å². The van der Waals surface area contributed by atoms with Crippen molar-refractivity contribution in [1.82, 2.24) is 0 Å². The number of benzene rings is 1. The lowest BCUT2D eigenvalue weighted by Gasteiger charge is -2.09. The second kappa shape index (κ2) is 5.79. The summed E-state index contributed by atoms with van der Waals surface area (Å²) in [4.78, 5) is 23.0. The molecule has 0 bridgehead atoms. The van der Waals surface area contributed by atoms with Crippen LogP contribution in [0, 0.1) is 6.92 Å². The molecule has 0 spiro atoms. The maximum Gasteiger partial charge on any atom is 0.260 e. The van der Waals surface area contributed by atoms with Gasteiger partial charge in [-0.2, -0.15) is 0 Å². The monoisotopic (exact) mass is 292 g/mol. The van der Waals surface area contributed by atoms with Crippen LogP contribution >= 0.6 is 11.6 Å². The normalized spacial score (nSPS) is 10.2. The zero-order chi connectivity index (χ0) is 14.7. The highest BCUT2D eigenvalue weighted by atomic mass is 35.5. The van der Waals surface area contributed by atoms with Gasteiger partial charge in [-0.1, -0.05) is 0 Å². The van der Waals surface area contributed by atoms with Gasteiger partial charge in [-0.25, -0.2) is 0 Å². The van der Waals surface area contributed by atoms with Gasteiger partial charge in [0.05, 0.1) is 11.8 Å². The molecule has 0 radical (unpaired) electrons. The Morgan fingerprint density at radius 3 is 2.50 bits per heavy atom. The highest BCUT2D eigenvalue weighted by molar-refractivity contribution is 6.32. The fourth-order valence-electron chi connectivity index (χ4n) is 1.73.